The first-order valence-electron chi connectivity index (χ1n) is 9.85. The highest BCUT2D eigenvalue weighted by Gasteiger charge is 2.24. The molecule has 7 heteroatoms. The van der Waals surface area contributed by atoms with Crippen LogP contribution in [0.3, 0.4) is 0 Å². The summed E-state index contributed by atoms with van der Waals surface area (Å²) in [5.41, 5.74) is 3.22. The number of hydrogen-bond donors (Lipinski definition) is 1. The molecule has 1 heterocycles. The van der Waals surface area contributed by atoms with Crippen LogP contribution in [0.25, 0.3) is 6.08 Å². The van der Waals surface area contributed by atoms with Crippen molar-refractivity contribution in [2.75, 3.05) is 5.32 Å². The first-order chi connectivity index (χ1) is 15.5. The fraction of sp³-hybridized carbons (Fsp3) is 0.0800. The summed E-state index contributed by atoms with van der Waals surface area (Å²) in [6, 6.07) is 22.2. The maximum absolute atomic E-state index is 12.4. The Bertz CT molecular complexity index is 1220. The number of halogens is 1. The maximum atomic E-state index is 12.4. The van der Waals surface area contributed by atoms with Crippen LogP contribution in [0, 0.1) is 0 Å². The molecule has 4 rings (SSSR count). The Labute approximate surface area is 193 Å². The second kappa shape index (κ2) is 9.62. The Morgan fingerprint density at radius 3 is 2.50 bits per heavy atom. The SMILES string of the molecule is CC(=O)Nc1ccc(C2=N/C(=C\c3ccccc3OCc3ccc(Br)cc3)C(=O)O2)cc1. The monoisotopic (exact) mass is 490 g/mol. The van der Waals surface area contributed by atoms with Gasteiger partial charge in [-0.15, -0.1) is 0 Å². The number of benzene rings is 3. The molecule has 1 aliphatic heterocycles. The Hall–Kier alpha value is -3.71. The van der Waals surface area contributed by atoms with Gasteiger partial charge in [0.15, 0.2) is 5.70 Å². The molecule has 1 aliphatic rings. The van der Waals surface area contributed by atoms with Crippen molar-refractivity contribution in [1.82, 2.24) is 0 Å². The number of amides is 1. The molecule has 3 aromatic carbocycles. The molecule has 0 bridgehead atoms. The van der Waals surface area contributed by atoms with E-state index in [0.717, 1.165) is 15.6 Å². The second-order valence-electron chi connectivity index (χ2n) is 7.05. The van der Waals surface area contributed by atoms with Crippen LogP contribution in [0.2, 0.25) is 0 Å². The number of aliphatic imine (C=N–C) groups is 1. The van der Waals surface area contributed by atoms with Gasteiger partial charge in [0.05, 0.1) is 0 Å². The number of nitrogens with one attached hydrogen (secondary N) is 1. The lowest BCUT2D eigenvalue weighted by atomic mass is 10.1. The van der Waals surface area contributed by atoms with Crippen LogP contribution in [-0.2, 0) is 20.9 Å². The third kappa shape index (κ3) is 5.31. The van der Waals surface area contributed by atoms with E-state index in [-0.39, 0.29) is 17.5 Å². The molecule has 1 amide bonds. The molecule has 0 fully saturated rings. The maximum Gasteiger partial charge on any atom is 0.363 e. The highest BCUT2D eigenvalue weighted by molar-refractivity contribution is 9.10. The minimum Gasteiger partial charge on any atom is -0.488 e. The summed E-state index contributed by atoms with van der Waals surface area (Å²) in [5, 5.41) is 2.69. The molecule has 0 aliphatic carbocycles. The minimum atomic E-state index is -0.534. The number of ether oxygens (including phenoxy) is 2. The van der Waals surface area contributed by atoms with E-state index in [0.29, 0.717) is 23.6 Å². The van der Waals surface area contributed by atoms with Crippen LogP contribution in [0.5, 0.6) is 5.75 Å². The zero-order chi connectivity index (χ0) is 22.5. The molecule has 0 radical (unpaired) electrons. The smallest absolute Gasteiger partial charge is 0.363 e. The molecule has 1 N–H and O–H groups in total. The number of cyclic esters (lactones) is 1. The quantitative estimate of drug-likeness (QED) is 0.374. The fourth-order valence-electron chi connectivity index (χ4n) is 3.05. The first-order valence-corrected chi connectivity index (χ1v) is 10.6. The third-order valence-corrected chi connectivity index (χ3v) is 5.12. The van der Waals surface area contributed by atoms with Crippen molar-refractivity contribution in [1.29, 1.82) is 0 Å². The van der Waals surface area contributed by atoms with Crippen molar-refractivity contribution in [2.45, 2.75) is 13.5 Å². The van der Waals surface area contributed by atoms with Gasteiger partial charge in [0.1, 0.15) is 12.4 Å². The Kier molecular flexibility index (Phi) is 6.47. The van der Waals surface area contributed by atoms with Crippen molar-refractivity contribution >= 4 is 45.5 Å². The van der Waals surface area contributed by atoms with E-state index in [2.05, 4.69) is 26.2 Å². The highest BCUT2D eigenvalue weighted by Crippen LogP contribution is 2.26. The van der Waals surface area contributed by atoms with Gasteiger partial charge in [-0.25, -0.2) is 9.79 Å². The zero-order valence-corrected chi connectivity index (χ0v) is 18.8. The van der Waals surface area contributed by atoms with Gasteiger partial charge in [-0.2, -0.15) is 0 Å². The van der Waals surface area contributed by atoms with Crippen molar-refractivity contribution in [2.24, 2.45) is 4.99 Å². The van der Waals surface area contributed by atoms with E-state index in [9.17, 15) is 9.59 Å². The van der Waals surface area contributed by atoms with Crippen LogP contribution in [0.15, 0.2) is 88.0 Å². The third-order valence-electron chi connectivity index (χ3n) is 4.59. The number of esters is 1. The van der Waals surface area contributed by atoms with Gasteiger partial charge in [-0.05, 0) is 54.1 Å². The summed E-state index contributed by atoms with van der Waals surface area (Å²) >= 11 is 3.42. The number of carbonyl (C=O) groups excluding carboxylic acids is 2. The number of rotatable bonds is 6. The predicted molar refractivity (Wildman–Crippen MR) is 126 cm³/mol. The molecular formula is C25H19BrN2O4. The second-order valence-corrected chi connectivity index (χ2v) is 7.96. The first kappa shape index (κ1) is 21.5. The molecular weight excluding hydrogens is 472 g/mol. The van der Waals surface area contributed by atoms with Crippen molar-refractivity contribution in [3.63, 3.8) is 0 Å². The van der Waals surface area contributed by atoms with E-state index in [4.69, 9.17) is 9.47 Å². The molecule has 0 atom stereocenters. The average Bonchev–Trinajstić information content (AvgIpc) is 3.14. The molecule has 160 valence electrons. The lowest BCUT2D eigenvalue weighted by Crippen LogP contribution is -2.07. The predicted octanol–water partition coefficient (Wildman–Crippen LogP) is 5.33. The summed E-state index contributed by atoms with van der Waals surface area (Å²) in [7, 11) is 0. The van der Waals surface area contributed by atoms with Gasteiger partial charge in [0.2, 0.25) is 11.8 Å². The van der Waals surface area contributed by atoms with Crippen molar-refractivity contribution < 1.29 is 19.1 Å². The summed E-state index contributed by atoms with van der Waals surface area (Å²) in [6.45, 7) is 1.83. The Morgan fingerprint density at radius 2 is 1.78 bits per heavy atom. The molecule has 32 heavy (non-hydrogen) atoms. The summed E-state index contributed by atoms with van der Waals surface area (Å²) in [5.74, 6) is 0.158. The van der Waals surface area contributed by atoms with Gasteiger partial charge < -0.3 is 14.8 Å². The standard InChI is InChI=1S/C25H19BrN2O4/c1-16(29)27-21-12-8-18(9-13-21)24-28-22(25(30)32-24)14-19-4-2-3-5-23(19)31-15-17-6-10-20(26)11-7-17/h2-14H,15H2,1H3,(H,27,29)/b22-14-. The number of nitrogens with zero attached hydrogens (tertiary/aromatic N) is 1. The van der Waals surface area contributed by atoms with Crippen LogP contribution >= 0.6 is 15.9 Å². The fourth-order valence-corrected chi connectivity index (χ4v) is 3.32. The molecule has 6 nitrogen and oxygen atoms in total. The van der Waals surface area contributed by atoms with Gasteiger partial charge >= 0.3 is 5.97 Å². The molecule has 0 saturated carbocycles. The molecule has 0 unspecified atom stereocenters. The van der Waals surface area contributed by atoms with E-state index in [1.165, 1.54) is 6.92 Å². The molecule has 0 spiro atoms. The van der Waals surface area contributed by atoms with Crippen LogP contribution in [0.4, 0.5) is 5.69 Å². The van der Waals surface area contributed by atoms with Gasteiger partial charge in [0, 0.05) is 28.2 Å². The minimum absolute atomic E-state index is 0.159. The zero-order valence-electron chi connectivity index (χ0n) is 17.2. The topological polar surface area (TPSA) is 77.0 Å². The van der Waals surface area contributed by atoms with Crippen LogP contribution in [0.1, 0.15) is 23.6 Å². The normalized spacial score (nSPS) is 14.1. The largest absolute Gasteiger partial charge is 0.488 e. The summed E-state index contributed by atoms with van der Waals surface area (Å²) < 4.78 is 12.3. The van der Waals surface area contributed by atoms with Gasteiger partial charge in [0.25, 0.3) is 0 Å². The lowest BCUT2D eigenvalue weighted by Gasteiger charge is -2.09. The van der Waals surface area contributed by atoms with Crippen molar-refractivity contribution in [3.8, 4) is 5.75 Å². The average molecular weight is 491 g/mol. The van der Waals surface area contributed by atoms with E-state index in [1.807, 2.05) is 48.5 Å². The molecule has 0 aromatic heterocycles. The highest BCUT2D eigenvalue weighted by atomic mass is 79.9. The van der Waals surface area contributed by atoms with Gasteiger partial charge in [-0.3, -0.25) is 4.79 Å². The van der Waals surface area contributed by atoms with Crippen LogP contribution < -0.4 is 10.1 Å². The molecule has 0 saturated heterocycles. The van der Waals surface area contributed by atoms with E-state index >= 15 is 0 Å². The summed E-state index contributed by atoms with van der Waals surface area (Å²) in [4.78, 5) is 27.9. The van der Waals surface area contributed by atoms with E-state index < -0.39 is 5.97 Å². The Morgan fingerprint density at radius 1 is 1.06 bits per heavy atom. The Balaban J connectivity index is 1.53. The molecule has 3 aromatic rings. The summed E-state index contributed by atoms with van der Waals surface area (Å²) in [6.07, 6.45) is 1.65. The lowest BCUT2D eigenvalue weighted by molar-refractivity contribution is -0.129. The van der Waals surface area contributed by atoms with Gasteiger partial charge in [-0.1, -0.05) is 46.3 Å². The number of para-hydroxylation sites is 1. The number of carbonyl (C=O) groups is 2. The number of hydrogen-bond acceptors (Lipinski definition) is 5. The van der Waals surface area contributed by atoms with Crippen LogP contribution in [-0.4, -0.2) is 17.8 Å². The van der Waals surface area contributed by atoms with E-state index in [1.54, 1.807) is 30.3 Å². The van der Waals surface area contributed by atoms with Crippen molar-refractivity contribution in [3.05, 3.63) is 99.7 Å². The number of anilines is 1.